The van der Waals surface area contributed by atoms with Gasteiger partial charge >= 0.3 is 0 Å². The monoisotopic (exact) mass is 192 g/mol. The van der Waals surface area contributed by atoms with Crippen LogP contribution in [0.3, 0.4) is 0 Å². The van der Waals surface area contributed by atoms with Crippen LogP contribution in [-0.2, 0) is 11.2 Å². The number of carbonyl (C=O) groups excluding carboxylic acids is 1. The Morgan fingerprint density at radius 3 is 3.14 bits per heavy atom. The molecule has 0 aromatic carbocycles. The van der Waals surface area contributed by atoms with Crippen molar-refractivity contribution in [2.24, 2.45) is 0 Å². The van der Waals surface area contributed by atoms with Gasteiger partial charge in [0.15, 0.2) is 0 Å². The van der Waals surface area contributed by atoms with Gasteiger partial charge in [0.25, 0.3) is 0 Å². The van der Waals surface area contributed by atoms with E-state index in [-0.39, 0.29) is 7.33 Å². The highest BCUT2D eigenvalue weighted by Crippen LogP contribution is 2.24. The van der Waals surface area contributed by atoms with E-state index in [0.717, 1.165) is 23.5 Å². The Kier molecular flexibility index (Phi) is 2.23. The molecule has 76 valence electrons. The molecule has 1 aliphatic heterocycles. The number of rotatable bonds is 2. The molecular formula is C11H16N2O. The standard InChI is InChI=1S/C11H14N2O.H2/c1-3-7(2)9-5-4-8-6-10(14)13-11(8)12-9;/h4-5,7H,3,6H2,1-2H3,(H,12,13,14);1H. The van der Waals surface area contributed by atoms with E-state index >= 15 is 0 Å². The summed E-state index contributed by atoms with van der Waals surface area (Å²) in [5, 5.41) is 2.77. The zero-order valence-corrected chi connectivity index (χ0v) is 8.50. The van der Waals surface area contributed by atoms with Crippen molar-refractivity contribution < 1.29 is 6.22 Å². The van der Waals surface area contributed by atoms with Crippen LogP contribution in [0.2, 0.25) is 0 Å². The molecule has 0 saturated carbocycles. The molecule has 2 rings (SSSR count). The highest BCUT2D eigenvalue weighted by Gasteiger charge is 2.19. The van der Waals surface area contributed by atoms with E-state index in [1.54, 1.807) is 0 Å². The minimum atomic E-state index is 0. The number of nitrogens with one attached hydrogen (secondary N) is 1. The Labute approximate surface area is 85.0 Å². The molecule has 1 unspecified atom stereocenters. The Morgan fingerprint density at radius 1 is 1.64 bits per heavy atom. The zero-order valence-electron chi connectivity index (χ0n) is 8.50. The summed E-state index contributed by atoms with van der Waals surface area (Å²) in [5.41, 5.74) is 2.08. The van der Waals surface area contributed by atoms with Gasteiger partial charge in [0, 0.05) is 12.7 Å². The normalized spacial score (nSPS) is 16.3. The number of amides is 1. The lowest BCUT2D eigenvalue weighted by Crippen LogP contribution is -2.05. The molecule has 1 N–H and O–H groups in total. The topological polar surface area (TPSA) is 42.0 Å². The van der Waals surface area contributed by atoms with E-state index in [4.69, 9.17) is 0 Å². The summed E-state index contributed by atoms with van der Waals surface area (Å²) in [6.07, 6.45) is 1.54. The number of fused-ring (bicyclic) bond motifs is 1. The minimum absolute atomic E-state index is 0. The van der Waals surface area contributed by atoms with Gasteiger partial charge in [-0.1, -0.05) is 19.9 Å². The molecule has 0 saturated heterocycles. The number of hydrogen-bond acceptors (Lipinski definition) is 2. The van der Waals surface area contributed by atoms with Crippen molar-refractivity contribution >= 4 is 11.7 Å². The van der Waals surface area contributed by atoms with Gasteiger partial charge in [-0.15, -0.1) is 0 Å². The molecule has 0 radical (unpaired) electrons. The van der Waals surface area contributed by atoms with E-state index in [1.807, 2.05) is 12.1 Å². The van der Waals surface area contributed by atoms with Gasteiger partial charge in [-0.2, -0.15) is 0 Å². The van der Waals surface area contributed by atoms with Crippen molar-refractivity contribution in [3.05, 3.63) is 23.4 Å². The predicted molar refractivity (Wildman–Crippen MR) is 57.4 cm³/mol. The van der Waals surface area contributed by atoms with Gasteiger partial charge in [0.2, 0.25) is 5.91 Å². The van der Waals surface area contributed by atoms with Gasteiger partial charge < -0.3 is 5.32 Å². The quantitative estimate of drug-likeness (QED) is 0.781. The molecule has 3 nitrogen and oxygen atoms in total. The molecule has 1 aromatic heterocycles. The lowest BCUT2D eigenvalue weighted by molar-refractivity contribution is -0.115. The Bertz CT molecular complexity index is 379. The van der Waals surface area contributed by atoms with Crippen LogP contribution in [0.25, 0.3) is 0 Å². The smallest absolute Gasteiger partial charge is 0.230 e. The van der Waals surface area contributed by atoms with Crippen LogP contribution in [0.4, 0.5) is 5.82 Å². The second-order valence-corrected chi connectivity index (χ2v) is 3.78. The molecule has 0 bridgehead atoms. The average Bonchev–Trinajstić information content (AvgIpc) is 2.55. The van der Waals surface area contributed by atoms with Crippen molar-refractivity contribution in [2.75, 3.05) is 5.32 Å². The van der Waals surface area contributed by atoms with E-state index in [2.05, 4.69) is 24.1 Å². The van der Waals surface area contributed by atoms with Crippen LogP contribution in [0, 0.1) is 0 Å². The molecule has 1 aliphatic rings. The predicted octanol–water partition coefficient (Wildman–Crippen LogP) is 2.34. The van der Waals surface area contributed by atoms with Gasteiger partial charge in [-0.05, 0) is 18.4 Å². The highest BCUT2D eigenvalue weighted by atomic mass is 16.1. The molecule has 1 amide bonds. The highest BCUT2D eigenvalue weighted by molar-refractivity contribution is 5.97. The largest absolute Gasteiger partial charge is 0.310 e. The molecule has 0 aliphatic carbocycles. The average molecular weight is 192 g/mol. The Balaban J connectivity index is 0.00000112. The van der Waals surface area contributed by atoms with Crippen LogP contribution in [-0.4, -0.2) is 10.9 Å². The molecule has 2 heterocycles. The molecule has 0 spiro atoms. The summed E-state index contributed by atoms with van der Waals surface area (Å²) in [6.45, 7) is 4.28. The first kappa shape index (κ1) is 9.19. The van der Waals surface area contributed by atoms with Crippen molar-refractivity contribution in [3.8, 4) is 0 Å². The van der Waals surface area contributed by atoms with Crippen molar-refractivity contribution in [2.45, 2.75) is 32.6 Å². The van der Waals surface area contributed by atoms with E-state index < -0.39 is 0 Å². The van der Waals surface area contributed by atoms with Crippen LogP contribution < -0.4 is 5.32 Å². The number of pyridine rings is 1. The zero-order chi connectivity index (χ0) is 10.1. The molecule has 3 heteroatoms. The van der Waals surface area contributed by atoms with Crippen molar-refractivity contribution in [1.82, 2.24) is 4.98 Å². The maximum Gasteiger partial charge on any atom is 0.230 e. The van der Waals surface area contributed by atoms with Crippen LogP contribution in [0.15, 0.2) is 12.1 Å². The fourth-order valence-electron chi connectivity index (χ4n) is 1.59. The SMILES string of the molecule is CCC(C)c1ccc2c(n1)NC(=O)C2.[HH]. The van der Waals surface area contributed by atoms with Gasteiger partial charge in [-0.3, -0.25) is 4.79 Å². The second kappa shape index (κ2) is 3.40. The van der Waals surface area contributed by atoms with Gasteiger partial charge in [0.05, 0.1) is 6.42 Å². The van der Waals surface area contributed by atoms with Gasteiger partial charge in [0.1, 0.15) is 5.82 Å². The summed E-state index contributed by atoms with van der Waals surface area (Å²) >= 11 is 0. The molecule has 0 fully saturated rings. The van der Waals surface area contributed by atoms with Crippen LogP contribution >= 0.6 is 0 Å². The van der Waals surface area contributed by atoms with Crippen molar-refractivity contribution in [1.29, 1.82) is 0 Å². The molecular weight excluding hydrogens is 176 g/mol. The number of anilines is 1. The summed E-state index contributed by atoms with van der Waals surface area (Å²) in [4.78, 5) is 15.5. The third-order valence-electron chi connectivity index (χ3n) is 2.73. The van der Waals surface area contributed by atoms with Crippen LogP contribution in [0.5, 0.6) is 0 Å². The summed E-state index contributed by atoms with van der Waals surface area (Å²) < 4.78 is 0. The molecule has 14 heavy (non-hydrogen) atoms. The summed E-state index contributed by atoms with van der Waals surface area (Å²) in [5.74, 6) is 1.26. The number of hydrogen-bond donors (Lipinski definition) is 1. The summed E-state index contributed by atoms with van der Waals surface area (Å²) in [7, 11) is 0. The van der Waals surface area contributed by atoms with Crippen molar-refractivity contribution in [3.63, 3.8) is 0 Å². The first-order valence-electron chi connectivity index (χ1n) is 5.00. The van der Waals surface area contributed by atoms with E-state index in [9.17, 15) is 4.79 Å². The fourth-order valence-corrected chi connectivity index (χ4v) is 1.59. The summed E-state index contributed by atoms with van der Waals surface area (Å²) in [6, 6.07) is 4.02. The number of aromatic nitrogens is 1. The van der Waals surface area contributed by atoms with E-state index in [0.29, 0.717) is 12.3 Å². The third kappa shape index (κ3) is 1.50. The molecule has 1 aromatic rings. The fraction of sp³-hybridized carbons (Fsp3) is 0.455. The van der Waals surface area contributed by atoms with Gasteiger partial charge in [-0.25, -0.2) is 4.98 Å². The Morgan fingerprint density at radius 2 is 2.43 bits per heavy atom. The lowest BCUT2D eigenvalue weighted by atomic mass is 10.0. The third-order valence-corrected chi connectivity index (χ3v) is 2.73. The number of carbonyl (C=O) groups is 1. The first-order chi connectivity index (χ1) is 6.70. The maximum absolute atomic E-state index is 11.1. The van der Waals surface area contributed by atoms with E-state index in [1.165, 1.54) is 0 Å². The minimum Gasteiger partial charge on any atom is -0.310 e. The maximum atomic E-state index is 11.1. The molecule has 1 atom stereocenters. The lowest BCUT2D eigenvalue weighted by Gasteiger charge is -2.08. The van der Waals surface area contributed by atoms with Crippen LogP contribution in [0.1, 0.15) is 38.9 Å². The number of nitrogens with zero attached hydrogens (tertiary/aromatic N) is 1. The first-order valence-corrected chi connectivity index (χ1v) is 5.00. The second-order valence-electron chi connectivity index (χ2n) is 3.78. The Hall–Kier alpha value is -1.38.